The van der Waals surface area contributed by atoms with Crippen LogP contribution in [0.4, 0.5) is 28.4 Å². The second-order valence-electron chi connectivity index (χ2n) is 18.9. The molecule has 4 aliphatic rings. The molecule has 3 heterocycles. The average molecular weight is 680 g/mol. The van der Waals surface area contributed by atoms with Crippen LogP contribution in [0.1, 0.15) is 114 Å². The van der Waals surface area contributed by atoms with E-state index in [0.29, 0.717) is 17.5 Å². The van der Waals surface area contributed by atoms with E-state index in [1.54, 1.807) is 0 Å². The molecule has 2 aliphatic carbocycles. The highest BCUT2D eigenvalue weighted by atomic mass is 32.1. The molecule has 2 bridgehead atoms. The molecule has 2 fully saturated rings. The van der Waals surface area contributed by atoms with Crippen molar-refractivity contribution < 1.29 is 4.11 Å². The predicted octanol–water partition coefficient (Wildman–Crippen LogP) is 11.0. The Morgan fingerprint density at radius 2 is 1.36 bits per heavy atom. The maximum atomic E-state index is 8.84. The summed E-state index contributed by atoms with van der Waals surface area (Å²) in [6.07, 6.45) is 5.03. The molecule has 3 atom stereocenters. The molecule has 5 aromatic rings. The summed E-state index contributed by atoms with van der Waals surface area (Å²) in [4.78, 5) is 5.07. The van der Waals surface area contributed by atoms with Crippen LogP contribution < -0.4 is 25.5 Å². The van der Waals surface area contributed by atoms with E-state index < -0.39 is 6.85 Å². The molecule has 2 aliphatic heterocycles. The van der Waals surface area contributed by atoms with E-state index in [2.05, 4.69) is 139 Å². The number of benzene rings is 4. The van der Waals surface area contributed by atoms with Crippen molar-refractivity contribution in [3.63, 3.8) is 0 Å². The van der Waals surface area contributed by atoms with Crippen molar-refractivity contribution in [3.8, 4) is 0 Å². The van der Waals surface area contributed by atoms with Crippen molar-refractivity contribution in [1.29, 1.82) is 0 Å². The summed E-state index contributed by atoms with van der Waals surface area (Å²) in [6, 6.07) is 27.8. The molecule has 50 heavy (non-hydrogen) atoms. The minimum absolute atomic E-state index is 0.00613. The molecule has 9 rings (SSSR count). The fraction of sp³-hybridized carbons (Fsp3) is 0.435. The third-order valence-electron chi connectivity index (χ3n) is 12.5. The van der Waals surface area contributed by atoms with Crippen LogP contribution in [0.3, 0.4) is 0 Å². The highest BCUT2D eigenvalue weighted by Crippen LogP contribution is 2.53. The van der Waals surface area contributed by atoms with E-state index in [1.165, 1.54) is 79.5 Å². The number of aryl methyl sites for hydroxylation is 1. The molecule has 0 saturated heterocycles. The average Bonchev–Trinajstić information content (AvgIpc) is 3.81. The predicted molar refractivity (Wildman–Crippen MR) is 220 cm³/mol. The van der Waals surface area contributed by atoms with Gasteiger partial charge in [-0.2, -0.15) is 0 Å². The van der Waals surface area contributed by atoms with Crippen LogP contribution in [0.15, 0.2) is 72.8 Å². The summed E-state index contributed by atoms with van der Waals surface area (Å²) in [5.74, 6) is 1.38. The number of nitrogens with zero attached hydrogens (tertiary/aromatic N) is 2. The first kappa shape index (κ1) is 29.1. The van der Waals surface area contributed by atoms with Crippen LogP contribution in [-0.2, 0) is 16.2 Å². The first-order chi connectivity index (χ1) is 24.8. The van der Waals surface area contributed by atoms with Crippen molar-refractivity contribution in [3.05, 3.63) is 95.1 Å². The quantitative estimate of drug-likeness (QED) is 0.168. The molecule has 2 saturated carbocycles. The van der Waals surface area contributed by atoms with E-state index in [0.717, 1.165) is 23.0 Å². The molecule has 2 nitrogen and oxygen atoms in total. The van der Waals surface area contributed by atoms with Gasteiger partial charge >= 0.3 is 0 Å². The fourth-order valence-corrected chi connectivity index (χ4v) is 11.0. The van der Waals surface area contributed by atoms with Gasteiger partial charge in [0.25, 0.3) is 6.71 Å². The summed E-state index contributed by atoms with van der Waals surface area (Å²) >= 11 is 1.92. The standard InChI is InChI=1S/C46H53BN2S/c1-27-21-38-41-39(22-27)49(37-24-28-11-12-29(37)23-28)36-19-15-32(46(8,9)10)26-35(36)47(41)43-42(34-25-31(45(5,6)7)16-20-40(34)50-43)48(38)33-17-13-30(14-18-33)44(2,3)4/h13-22,25-26,28-29,37H,11-12,23-24H2,1-10H3/i1D3. The first-order valence-corrected chi connectivity index (χ1v) is 19.7. The molecule has 3 unspecified atom stereocenters. The number of fused-ring (bicyclic) bond motifs is 8. The van der Waals surface area contributed by atoms with Crippen molar-refractivity contribution in [2.75, 3.05) is 9.80 Å². The molecule has 0 N–H and O–H groups in total. The van der Waals surface area contributed by atoms with E-state index in [1.807, 2.05) is 17.4 Å². The summed E-state index contributed by atoms with van der Waals surface area (Å²) in [6.45, 7) is 18.3. The molecule has 0 amide bonds. The minimum Gasteiger partial charge on any atom is -0.339 e. The van der Waals surface area contributed by atoms with Crippen molar-refractivity contribution >= 4 is 72.3 Å². The molecular formula is C46H53BN2S. The molecular weight excluding hydrogens is 623 g/mol. The number of hydrogen-bond donors (Lipinski definition) is 0. The van der Waals surface area contributed by atoms with Gasteiger partial charge in [0.2, 0.25) is 0 Å². The minimum atomic E-state index is -2.25. The monoisotopic (exact) mass is 679 g/mol. The first-order valence-electron chi connectivity index (χ1n) is 20.4. The molecule has 0 spiro atoms. The Morgan fingerprint density at radius 1 is 0.700 bits per heavy atom. The Hall–Kier alpha value is -3.50. The van der Waals surface area contributed by atoms with Crippen LogP contribution in [-0.4, -0.2) is 12.8 Å². The van der Waals surface area contributed by atoms with Gasteiger partial charge < -0.3 is 9.80 Å². The number of rotatable bonds is 2. The Labute approximate surface area is 309 Å². The van der Waals surface area contributed by atoms with E-state index >= 15 is 0 Å². The maximum absolute atomic E-state index is 8.84. The van der Waals surface area contributed by atoms with Crippen molar-refractivity contribution in [2.24, 2.45) is 11.8 Å². The third kappa shape index (κ3) is 4.87. The molecule has 0 radical (unpaired) electrons. The van der Waals surface area contributed by atoms with Gasteiger partial charge in [-0.15, -0.1) is 11.3 Å². The number of hydrogen-bond acceptors (Lipinski definition) is 3. The van der Waals surface area contributed by atoms with E-state index in [-0.39, 0.29) is 23.0 Å². The molecule has 1 aromatic heterocycles. The van der Waals surface area contributed by atoms with E-state index in [9.17, 15) is 0 Å². The van der Waals surface area contributed by atoms with Crippen LogP contribution in [0.2, 0.25) is 0 Å². The van der Waals surface area contributed by atoms with Gasteiger partial charge in [0.15, 0.2) is 0 Å². The van der Waals surface area contributed by atoms with Gasteiger partial charge in [-0.25, -0.2) is 0 Å². The van der Waals surface area contributed by atoms with Crippen molar-refractivity contribution in [2.45, 2.75) is 117 Å². The normalized spacial score (nSPS) is 22.3. The lowest BCUT2D eigenvalue weighted by Crippen LogP contribution is -2.62. The van der Waals surface area contributed by atoms with Gasteiger partial charge in [-0.1, -0.05) is 99.1 Å². The lowest BCUT2D eigenvalue weighted by Gasteiger charge is -2.47. The van der Waals surface area contributed by atoms with Gasteiger partial charge in [0, 0.05) is 47.8 Å². The topological polar surface area (TPSA) is 6.48 Å². The second-order valence-corrected chi connectivity index (χ2v) is 20.0. The number of thiophene rings is 1. The Morgan fingerprint density at radius 3 is 2.00 bits per heavy atom. The smallest absolute Gasteiger partial charge is 0.264 e. The van der Waals surface area contributed by atoms with Crippen LogP contribution in [0.5, 0.6) is 0 Å². The summed E-state index contributed by atoms with van der Waals surface area (Å²) in [5.41, 5.74) is 12.6. The van der Waals surface area contributed by atoms with Gasteiger partial charge in [0.1, 0.15) is 0 Å². The largest absolute Gasteiger partial charge is 0.339 e. The van der Waals surface area contributed by atoms with Gasteiger partial charge in [-0.3, -0.25) is 0 Å². The van der Waals surface area contributed by atoms with Gasteiger partial charge in [0.05, 0.1) is 5.69 Å². The van der Waals surface area contributed by atoms with Gasteiger partial charge in [-0.05, 0) is 130 Å². The zero-order valence-electron chi connectivity index (χ0n) is 34.4. The highest BCUT2D eigenvalue weighted by Gasteiger charge is 2.50. The van der Waals surface area contributed by atoms with Crippen LogP contribution in [0, 0.1) is 18.7 Å². The summed E-state index contributed by atoms with van der Waals surface area (Å²) in [7, 11) is 0. The Kier molecular flexibility index (Phi) is 6.27. The van der Waals surface area contributed by atoms with Crippen LogP contribution >= 0.6 is 11.3 Å². The SMILES string of the molecule is [2H]C([2H])([2H])c1cc2c3c(c1)N(C1CC4CCC1C4)c1ccc(C(C)(C)C)cc1B3c1sc3ccc(C(C)(C)C)cc3c1N2c1ccc(C(C)(C)C)cc1. The highest BCUT2D eigenvalue weighted by molar-refractivity contribution is 7.33. The third-order valence-corrected chi connectivity index (χ3v) is 13.7. The zero-order valence-corrected chi connectivity index (χ0v) is 32.2. The maximum Gasteiger partial charge on any atom is 0.264 e. The Balaban J connectivity index is 1.40. The fourth-order valence-electron chi connectivity index (χ4n) is 9.71. The summed E-state index contributed by atoms with van der Waals surface area (Å²) in [5, 5.41) is 1.24. The lowest BCUT2D eigenvalue weighted by molar-refractivity contribution is 0.413. The number of anilines is 5. The molecule has 4 heteroatoms. The summed E-state index contributed by atoms with van der Waals surface area (Å²) < 4.78 is 29.1. The molecule has 256 valence electrons. The molecule has 4 aromatic carbocycles. The van der Waals surface area contributed by atoms with E-state index in [4.69, 9.17) is 4.11 Å². The van der Waals surface area contributed by atoms with Crippen LogP contribution in [0.25, 0.3) is 10.1 Å². The Bertz CT molecular complexity index is 2280. The second kappa shape index (κ2) is 10.8. The lowest BCUT2D eigenvalue weighted by atomic mass is 9.36. The van der Waals surface area contributed by atoms with Crippen molar-refractivity contribution in [1.82, 2.24) is 0 Å². The zero-order chi connectivity index (χ0) is 37.6.